The summed E-state index contributed by atoms with van der Waals surface area (Å²) in [6.45, 7) is 2.47. The first-order chi connectivity index (χ1) is 10.6. The van der Waals surface area contributed by atoms with E-state index in [1.165, 1.54) is 0 Å². The summed E-state index contributed by atoms with van der Waals surface area (Å²) in [6.07, 6.45) is 0. The highest BCUT2D eigenvalue weighted by Gasteiger charge is 2.25. The number of hydrogen-bond donors (Lipinski definition) is 0. The van der Waals surface area contributed by atoms with Crippen molar-refractivity contribution in [2.75, 3.05) is 21.3 Å². The molecule has 0 aliphatic heterocycles. The van der Waals surface area contributed by atoms with Gasteiger partial charge in [0.1, 0.15) is 11.5 Å². The lowest BCUT2D eigenvalue weighted by Gasteiger charge is -2.26. The van der Waals surface area contributed by atoms with Crippen molar-refractivity contribution in [3.8, 4) is 11.5 Å². The Kier molecular flexibility index (Phi) is 5.55. The van der Waals surface area contributed by atoms with Gasteiger partial charge < -0.3 is 18.9 Å². The van der Waals surface area contributed by atoms with Crippen LogP contribution < -0.4 is 4.74 Å². The number of methoxy groups -OCH3 is 3. The van der Waals surface area contributed by atoms with Gasteiger partial charge in [-0.1, -0.05) is 12.1 Å². The summed E-state index contributed by atoms with van der Waals surface area (Å²) in [4.78, 5) is 0. The molecule has 0 amide bonds. The van der Waals surface area contributed by atoms with Gasteiger partial charge in [0.2, 0.25) is 0 Å². The molecular formula is C18H22O4. The van der Waals surface area contributed by atoms with Crippen LogP contribution in [0.25, 0.3) is 0 Å². The molecule has 0 spiro atoms. The van der Waals surface area contributed by atoms with Crippen LogP contribution in [0.4, 0.5) is 0 Å². The zero-order valence-electron chi connectivity index (χ0n) is 13.5. The molecule has 0 aromatic heterocycles. The van der Waals surface area contributed by atoms with Gasteiger partial charge in [-0.15, -0.1) is 0 Å². The van der Waals surface area contributed by atoms with Crippen molar-refractivity contribution in [2.45, 2.75) is 19.3 Å². The molecule has 0 radical (unpaired) electrons. The summed E-state index contributed by atoms with van der Waals surface area (Å²) in [7, 11) is 4.92. The van der Waals surface area contributed by atoms with E-state index in [-0.39, 0.29) is 0 Å². The van der Waals surface area contributed by atoms with E-state index in [1.54, 1.807) is 21.3 Å². The van der Waals surface area contributed by atoms with Crippen LogP contribution in [0.5, 0.6) is 11.5 Å². The van der Waals surface area contributed by atoms with Crippen molar-refractivity contribution in [3.05, 3.63) is 59.7 Å². The second-order valence-corrected chi connectivity index (χ2v) is 5.06. The Balaban J connectivity index is 2.08. The lowest BCUT2D eigenvalue weighted by atomic mass is 10.1. The Morgan fingerprint density at radius 3 is 1.73 bits per heavy atom. The van der Waals surface area contributed by atoms with Crippen LogP contribution in [0, 0.1) is 0 Å². The van der Waals surface area contributed by atoms with Crippen LogP contribution in [0.15, 0.2) is 48.5 Å². The second-order valence-electron chi connectivity index (χ2n) is 5.06. The lowest BCUT2D eigenvalue weighted by molar-refractivity contribution is -0.201. The third kappa shape index (κ3) is 3.85. The van der Waals surface area contributed by atoms with Gasteiger partial charge in [0, 0.05) is 26.9 Å². The highest BCUT2D eigenvalue weighted by atomic mass is 16.7. The molecule has 2 rings (SSSR count). The third-order valence-corrected chi connectivity index (χ3v) is 3.63. The monoisotopic (exact) mass is 302 g/mol. The SMILES string of the molecule is COCc1ccc(Oc2ccc(C(C)(OC)OC)cc2)cc1. The molecule has 118 valence electrons. The van der Waals surface area contributed by atoms with Gasteiger partial charge in [-0.25, -0.2) is 0 Å². The molecular weight excluding hydrogens is 280 g/mol. The second kappa shape index (κ2) is 7.40. The van der Waals surface area contributed by atoms with Gasteiger partial charge in [0.05, 0.1) is 6.61 Å². The van der Waals surface area contributed by atoms with Gasteiger partial charge in [0.25, 0.3) is 0 Å². The summed E-state index contributed by atoms with van der Waals surface area (Å²) in [5.41, 5.74) is 2.04. The highest BCUT2D eigenvalue weighted by molar-refractivity contribution is 5.35. The van der Waals surface area contributed by atoms with E-state index in [9.17, 15) is 0 Å². The van der Waals surface area contributed by atoms with Crippen LogP contribution >= 0.6 is 0 Å². The van der Waals surface area contributed by atoms with E-state index < -0.39 is 5.79 Å². The summed E-state index contributed by atoms with van der Waals surface area (Å²) in [5.74, 6) is 0.798. The fourth-order valence-corrected chi connectivity index (χ4v) is 2.10. The van der Waals surface area contributed by atoms with Gasteiger partial charge in [-0.05, 0) is 48.9 Å². The maximum Gasteiger partial charge on any atom is 0.191 e. The predicted molar refractivity (Wildman–Crippen MR) is 85.0 cm³/mol. The van der Waals surface area contributed by atoms with E-state index >= 15 is 0 Å². The minimum Gasteiger partial charge on any atom is -0.457 e. The first kappa shape index (κ1) is 16.5. The quantitative estimate of drug-likeness (QED) is 0.722. The van der Waals surface area contributed by atoms with E-state index in [4.69, 9.17) is 18.9 Å². The third-order valence-electron chi connectivity index (χ3n) is 3.63. The minimum atomic E-state index is -0.750. The average molecular weight is 302 g/mol. The van der Waals surface area contributed by atoms with E-state index in [0.717, 1.165) is 22.6 Å². The zero-order valence-corrected chi connectivity index (χ0v) is 13.5. The summed E-state index contributed by atoms with van der Waals surface area (Å²) in [5, 5.41) is 0. The van der Waals surface area contributed by atoms with E-state index in [2.05, 4.69) is 0 Å². The normalized spacial score (nSPS) is 11.5. The van der Waals surface area contributed by atoms with Crippen molar-refractivity contribution in [3.63, 3.8) is 0 Å². The standard InChI is InChI=1S/C18H22O4/c1-18(20-3,21-4)15-7-11-17(12-8-15)22-16-9-5-14(6-10-16)13-19-2/h5-12H,13H2,1-4H3. The van der Waals surface area contributed by atoms with E-state index in [0.29, 0.717) is 6.61 Å². The van der Waals surface area contributed by atoms with Crippen molar-refractivity contribution >= 4 is 0 Å². The summed E-state index contributed by atoms with van der Waals surface area (Å²) >= 11 is 0. The topological polar surface area (TPSA) is 36.9 Å². The molecule has 22 heavy (non-hydrogen) atoms. The largest absolute Gasteiger partial charge is 0.457 e. The summed E-state index contributed by atoms with van der Waals surface area (Å²) < 4.78 is 21.7. The van der Waals surface area contributed by atoms with Gasteiger partial charge in [0.15, 0.2) is 5.79 Å². The highest BCUT2D eigenvalue weighted by Crippen LogP contribution is 2.28. The molecule has 0 N–H and O–H groups in total. The number of rotatable bonds is 7. The Bertz CT molecular complexity index is 571. The van der Waals surface area contributed by atoms with Gasteiger partial charge in [-0.2, -0.15) is 0 Å². The average Bonchev–Trinajstić information content (AvgIpc) is 2.57. The van der Waals surface area contributed by atoms with Gasteiger partial charge in [-0.3, -0.25) is 0 Å². The molecule has 0 aliphatic carbocycles. The van der Waals surface area contributed by atoms with Crippen molar-refractivity contribution in [1.82, 2.24) is 0 Å². The van der Waals surface area contributed by atoms with Crippen LogP contribution in [-0.2, 0) is 26.6 Å². The Labute approximate surface area is 131 Å². The fourth-order valence-electron chi connectivity index (χ4n) is 2.10. The molecule has 2 aromatic carbocycles. The molecule has 0 saturated carbocycles. The fraction of sp³-hybridized carbons (Fsp3) is 0.333. The Morgan fingerprint density at radius 2 is 1.27 bits per heavy atom. The molecule has 0 atom stereocenters. The first-order valence-corrected chi connectivity index (χ1v) is 7.08. The molecule has 0 fully saturated rings. The zero-order chi connectivity index (χ0) is 16.0. The number of ether oxygens (including phenoxy) is 4. The smallest absolute Gasteiger partial charge is 0.191 e. The van der Waals surface area contributed by atoms with Crippen LogP contribution in [-0.4, -0.2) is 21.3 Å². The molecule has 0 bridgehead atoms. The Morgan fingerprint density at radius 1 is 0.773 bits per heavy atom. The minimum absolute atomic E-state index is 0.599. The molecule has 4 heteroatoms. The molecule has 0 aliphatic rings. The van der Waals surface area contributed by atoms with Crippen LogP contribution in [0.2, 0.25) is 0 Å². The number of benzene rings is 2. The molecule has 0 unspecified atom stereocenters. The predicted octanol–water partition coefficient (Wildman–Crippen LogP) is 4.09. The van der Waals surface area contributed by atoms with Crippen LogP contribution in [0.3, 0.4) is 0 Å². The van der Waals surface area contributed by atoms with Gasteiger partial charge >= 0.3 is 0 Å². The van der Waals surface area contributed by atoms with Crippen molar-refractivity contribution in [2.24, 2.45) is 0 Å². The molecule has 2 aromatic rings. The van der Waals surface area contributed by atoms with Crippen molar-refractivity contribution in [1.29, 1.82) is 0 Å². The molecule has 0 saturated heterocycles. The number of hydrogen-bond acceptors (Lipinski definition) is 4. The van der Waals surface area contributed by atoms with Crippen molar-refractivity contribution < 1.29 is 18.9 Å². The molecule has 0 heterocycles. The maximum atomic E-state index is 5.82. The Hall–Kier alpha value is -1.88. The maximum absolute atomic E-state index is 5.82. The summed E-state index contributed by atoms with van der Waals surface area (Å²) in [6, 6.07) is 15.5. The first-order valence-electron chi connectivity index (χ1n) is 7.08. The lowest BCUT2D eigenvalue weighted by Crippen LogP contribution is -2.26. The van der Waals surface area contributed by atoms with Crippen LogP contribution in [0.1, 0.15) is 18.1 Å². The molecule has 4 nitrogen and oxygen atoms in total. The van der Waals surface area contributed by atoms with E-state index in [1.807, 2.05) is 55.5 Å².